The average Bonchev–Trinajstić information content (AvgIpc) is 2.96. The normalized spacial score (nSPS) is 21.0. The van der Waals surface area contributed by atoms with Crippen LogP contribution in [0.4, 0.5) is 0 Å². The van der Waals surface area contributed by atoms with Crippen molar-refractivity contribution in [2.24, 2.45) is 11.8 Å². The number of ether oxygens (including phenoxy) is 1. The minimum Gasteiger partial charge on any atom is -0.494 e. The summed E-state index contributed by atoms with van der Waals surface area (Å²) in [5.41, 5.74) is 0.931. The van der Waals surface area contributed by atoms with Crippen molar-refractivity contribution in [1.29, 1.82) is 0 Å². The summed E-state index contributed by atoms with van der Waals surface area (Å²) in [6, 6.07) is 7.59. The molecular weight excluding hydrogens is 270 g/mol. The van der Waals surface area contributed by atoms with E-state index in [-0.39, 0.29) is 17.7 Å². The van der Waals surface area contributed by atoms with Crippen molar-refractivity contribution in [3.8, 4) is 5.75 Å². The Labute approximate surface area is 124 Å². The number of hydrogen-bond donors (Lipinski definition) is 2. The first-order valence-electron chi connectivity index (χ1n) is 7.33. The van der Waals surface area contributed by atoms with Crippen LogP contribution in [0, 0.1) is 11.8 Å². The van der Waals surface area contributed by atoms with Gasteiger partial charge in [-0.25, -0.2) is 0 Å². The zero-order chi connectivity index (χ0) is 15.2. The van der Waals surface area contributed by atoms with Crippen LogP contribution in [0.3, 0.4) is 0 Å². The predicted molar refractivity (Wildman–Crippen MR) is 77.9 cm³/mol. The summed E-state index contributed by atoms with van der Waals surface area (Å²) in [6.07, 6.45) is 1.67. The van der Waals surface area contributed by atoms with Crippen LogP contribution in [0.25, 0.3) is 0 Å². The molecule has 0 aromatic heterocycles. The zero-order valence-electron chi connectivity index (χ0n) is 12.2. The largest absolute Gasteiger partial charge is 0.494 e. The lowest BCUT2D eigenvalue weighted by Gasteiger charge is -2.13. The molecule has 5 heteroatoms. The van der Waals surface area contributed by atoms with E-state index >= 15 is 0 Å². The second kappa shape index (κ2) is 7.11. The third-order valence-corrected chi connectivity index (χ3v) is 3.88. The molecule has 1 aromatic carbocycles. The highest BCUT2D eigenvalue weighted by Gasteiger charge is 2.33. The van der Waals surface area contributed by atoms with Gasteiger partial charge in [0.1, 0.15) is 5.75 Å². The van der Waals surface area contributed by atoms with E-state index in [2.05, 4.69) is 5.32 Å². The maximum absolute atomic E-state index is 12.1. The van der Waals surface area contributed by atoms with Gasteiger partial charge in [0.15, 0.2) is 0 Å². The van der Waals surface area contributed by atoms with Crippen LogP contribution >= 0.6 is 0 Å². The Balaban J connectivity index is 1.89. The number of aliphatic carboxylic acids is 1. The van der Waals surface area contributed by atoms with Crippen molar-refractivity contribution in [3.05, 3.63) is 29.8 Å². The van der Waals surface area contributed by atoms with Crippen LogP contribution in [0.2, 0.25) is 0 Å². The molecule has 2 N–H and O–H groups in total. The molecule has 5 nitrogen and oxygen atoms in total. The third kappa shape index (κ3) is 3.97. The van der Waals surface area contributed by atoms with E-state index in [9.17, 15) is 9.59 Å². The summed E-state index contributed by atoms with van der Waals surface area (Å²) < 4.78 is 5.51. The Morgan fingerprint density at radius 1 is 1.29 bits per heavy atom. The number of benzene rings is 1. The molecule has 0 aliphatic heterocycles. The van der Waals surface area contributed by atoms with Gasteiger partial charge in [-0.3, -0.25) is 9.59 Å². The van der Waals surface area contributed by atoms with E-state index in [0.29, 0.717) is 32.4 Å². The Kier molecular flexibility index (Phi) is 5.20. The minimum atomic E-state index is -0.799. The van der Waals surface area contributed by atoms with E-state index in [1.54, 1.807) is 0 Å². The van der Waals surface area contributed by atoms with Crippen LogP contribution in [0.5, 0.6) is 5.75 Å². The Morgan fingerprint density at radius 3 is 2.67 bits per heavy atom. The maximum Gasteiger partial charge on any atom is 0.306 e. The van der Waals surface area contributed by atoms with E-state index in [1.165, 1.54) is 0 Å². The molecular formula is C16H21NO4. The molecule has 1 aliphatic carbocycles. The quantitative estimate of drug-likeness (QED) is 0.842. The van der Waals surface area contributed by atoms with Crippen LogP contribution in [-0.2, 0) is 16.1 Å². The lowest BCUT2D eigenvalue weighted by molar-refractivity contribution is -0.141. The van der Waals surface area contributed by atoms with Gasteiger partial charge in [0, 0.05) is 18.0 Å². The highest BCUT2D eigenvalue weighted by atomic mass is 16.5. The lowest BCUT2D eigenvalue weighted by Crippen LogP contribution is -2.29. The number of para-hydroxylation sites is 1. The summed E-state index contributed by atoms with van der Waals surface area (Å²) in [4.78, 5) is 23.0. The van der Waals surface area contributed by atoms with Crippen molar-refractivity contribution in [1.82, 2.24) is 5.32 Å². The van der Waals surface area contributed by atoms with Gasteiger partial charge in [-0.05, 0) is 32.3 Å². The van der Waals surface area contributed by atoms with E-state index in [1.807, 2.05) is 31.2 Å². The van der Waals surface area contributed by atoms with Crippen LogP contribution in [0.15, 0.2) is 24.3 Å². The number of carbonyl (C=O) groups is 2. The van der Waals surface area contributed by atoms with Gasteiger partial charge in [0.2, 0.25) is 5.91 Å². The van der Waals surface area contributed by atoms with Gasteiger partial charge in [-0.15, -0.1) is 0 Å². The van der Waals surface area contributed by atoms with Gasteiger partial charge in [-0.1, -0.05) is 18.2 Å². The number of carbonyl (C=O) groups excluding carboxylic acids is 1. The molecule has 1 aliphatic rings. The molecule has 0 unspecified atom stereocenters. The van der Waals surface area contributed by atoms with Gasteiger partial charge < -0.3 is 15.2 Å². The second-order valence-electron chi connectivity index (χ2n) is 5.30. The highest BCUT2D eigenvalue weighted by Crippen LogP contribution is 2.31. The summed E-state index contributed by atoms with van der Waals surface area (Å²) in [7, 11) is 0. The van der Waals surface area contributed by atoms with Gasteiger partial charge in [0.25, 0.3) is 0 Å². The smallest absolute Gasteiger partial charge is 0.306 e. The fraction of sp³-hybridized carbons (Fsp3) is 0.500. The first-order valence-corrected chi connectivity index (χ1v) is 7.33. The van der Waals surface area contributed by atoms with E-state index in [0.717, 1.165) is 11.3 Å². The lowest BCUT2D eigenvalue weighted by atomic mass is 10.0. The monoisotopic (exact) mass is 291 g/mol. The van der Waals surface area contributed by atoms with Crippen molar-refractivity contribution >= 4 is 11.9 Å². The molecule has 21 heavy (non-hydrogen) atoms. The van der Waals surface area contributed by atoms with Gasteiger partial charge in [-0.2, -0.15) is 0 Å². The predicted octanol–water partition coefficient (Wildman–Crippen LogP) is 2.20. The second-order valence-corrected chi connectivity index (χ2v) is 5.30. The molecule has 1 saturated carbocycles. The third-order valence-electron chi connectivity index (χ3n) is 3.88. The molecule has 1 amide bonds. The molecule has 0 radical (unpaired) electrons. The molecule has 1 aromatic rings. The molecule has 114 valence electrons. The van der Waals surface area contributed by atoms with Crippen molar-refractivity contribution in [3.63, 3.8) is 0 Å². The molecule has 0 spiro atoms. The average molecular weight is 291 g/mol. The number of carboxylic acid groups (broad SMARTS) is 1. The fourth-order valence-corrected chi connectivity index (χ4v) is 2.72. The SMILES string of the molecule is CCOc1ccccc1CNC(=O)[C@@H]1CC[C@H](C(=O)O)C1. The van der Waals surface area contributed by atoms with Crippen LogP contribution in [0.1, 0.15) is 31.7 Å². The standard InChI is InChI=1S/C16H21NO4/c1-2-21-14-6-4-3-5-13(14)10-17-15(18)11-7-8-12(9-11)16(19)20/h3-6,11-12H,2,7-10H2,1H3,(H,17,18)(H,19,20)/t11-,12+/m1/s1. The minimum absolute atomic E-state index is 0.0648. The van der Waals surface area contributed by atoms with E-state index in [4.69, 9.17) is 9.84 Å². The number of hydrogen-bond acceptors (Lipinski definition) is 3. The van der Waals surface area contributed by atoms with Crippen LogP contribution in [-0.4, -0.2) is 23.6 Å². The fourth-order valence-electron chi connectivity index (χ4n) is 2.72. The Morgan fingerprint density at radius 2 is 2.00 bits per heavy atom. The number of rotatable bonds is 6. The molecule has 0 saturated heterocycles. The summed E-state index contributed by atoms with van der Waals surface area (Å²) >= 11 is 0. The Bertz CT molecular complexity index is 515. The summed E-state index contributed by atoms with van der Waals surface area (Å²) in [5, 5.41) is 11.9. The first-order chi connectivity index (χ1) is 10.1. The van der Waals surface area contributed by atoms with Crippen molar-refractivity contribution < 1.29 is 19.4 Å². The number of amides is 1. The van der Waals surface area contributed by atoms with E-state index < -0.39 is 5.97 Å². The van der Waals surface area contributed by atoms with Crippen molar-refractivity contribution in [2.75, 3.05) is 6.61 Å². The molecule has 0 heterocycles. The van der Waals surface area contributed by atoms with Crippen molar-refractivity contribution in [2.45, 2.75) is 32.7 Å². The molecule has 1 fully saturated rings. The highest BCUT2D eigenvalue weighted by molar-refractivity contribution is 5.80. The first kappa shape index (κ1) is 15.4. The molecule has 2 atom stereocenters. The topological polar surface area (TPSA) is 75.6 Å². The Hall–Kier alpha value is -2.04. The summed E-state index contributed by atoms with van der Waals surface area (Å²) in [6.45, 7) is 2.90. The van der Waals surface area contributed by atoms with Gasteiger partial charge in [0.05, 0.1) is 12.5 Å². The summed E-state index contributed by atoms with van der Waals surface area (Å²) in [5.74, 6) is -0.658. The molecule has 2 rings (SSSR count). The molecule has 0 bridgehead atoms. The maximum atomic E-state index is 12.1. The number of carboxylic acids is 1. The number of nitrogens with one attached hydrogen (secondary N) is 1. The van der Waals surface area contributed by atoms with Crippen LogP contribution < -0.4 is 10.1 Å². The zero-order valence-corrected chi connectivity index (χ0v) is 12.2. The van der Waals surface area contributed by atoms with Gasteiger partial charge >= 0.3 is 5.97 Å².